The van der Waals surface area contributed by atoms with Gasteiger partial charge in [-0.1, -0.05) is 0 Å². The highest BCUT2D eigenvalue weighted by Gasteiger charge is 2.37. The van der Waals surface area contributed by atoms with Gasteiger partial charge in [-0.25, -0.2) is 23.9 Å². The van der Waals surface area contributed by atoms with E-state index in [9.17, 15) is 9.18 Å². The van der Waals surface area contributed by atoms with Crippen LogP contribution in [-0.2, 0) is 11.2 Å². The summed E-state index contributed by atoms with van der Waals surface area (Å²) in [7, 11) is 0. The minimum atomic E-state index is -0.390. The third kappa shape index (κ3) is 3.76. The van der Waals surface area contributed by atoms with E-state index in [-0.39, 0.29) is 24.0 Å². The van der Waals surface area contributed by atoms with Gasteiger partial charge in [0.25, 0.3) is 5.91 Å². The number of rotatable bonds is 4. The van der Waals surface area contributed by atoms with Gasteiger partial charge in [0.05, 0.1) is 30.1 Å². The van der Waals surface area contributed by atoms with Crippen LogP contribution >= 0.6 is 0 Å². The molecule has 3 aliphatic heterocycles. The maximum absolute atomic E-state index is 14.6. The van der Waals surface area contributed by atoms with Gasteiger partial charge in [-0.3, -0.25) is 4.79 Å². The van der Waals surface area contributed by atoms with Gasteiger partial charge in [0.15, 0.2) is 0 Å². The van der Waals surface area contributed by atoms with Crippen LogP contribution in [0.5, 0.6) is 0 Å². The molecule has 4 aromatic rings. The van der Waals surface area contributed by atoms with E-state index >= 15 is 0 Å². The van der Waals surface area contributed by atoms with Gasteiger partial charge in [-0.2, -0.15) is 5.10 Å². The molecular weight excluding hydrogens is 475 g/mol. The number of halogens is 1. The van der Waals surface area contributed by atoms with Crippen molar-refractivity contribution < 1.29 is 13.9 Å². The minimum absolute atomic E-state index is 0.0256. The standard InChI is InChI=1S/C26H27FN8O2/c27-17-5-3-10-35-21(17)13-18(31-35)25-24-20(34(16-30-24)23-6-1-2-12-37-23)7-11-33(25)22-15-28-19(14-29-22)26(36)32-8-4-9-32/h3,5,10,13-16,23,25H,1-2,4,6-9,11-12H2. The number of aromatic nitrogens is 6. The largest absolute Gasteiger partial charge is 0.358 e. The van der Waals surface area contributed by atoms with Gasteiger partial charge in [0.2, 0.25) is 0 Å². The molecule has 0 radical (unpaired) electrons. The monoisotopic (exact) mass is 502 g/mol. The first kappa shape index (κ1) is 22.3. The number of ether oxygens (including phenoxy) is 1. The summed E-state index contributed by atoms with van der Waals surface area (Å²) in [6.07, 6.45) is 11.7. The topological polar surface area (TPSA) is 93.7 Å². The molecule has 0 saturated carbocycles. The zero-order chi connectivity index (χ0) is 24.9. The summed E-state index contributed by atoms with van der Waals surface area (Å²) in [5.41, 5.74) is 3.37. The molecule has 37 heavy (non-hydrogen) atoms. The molecule has 3 aliphatic rings. The fourth-order valence-corrected chi connectivity index (χ4v) is 5.52. The molecule has 7 heterocycles. The number of nitrogens with zero attached hydrogens (tertiary/aromatic N) is 8. The molecule has 7 rings (SSSR count). The molecule has 190 valence electrons. The third-order valence-corrected chi connectivity index (χ3v) is 7.60. The van der Waals surface area contributed by atoms with Crippen molar-refractivity contribution in [1.29, 1.82) is 0 Å². The minimum Gasteiger partial charge on any atom is -0.358 e. The molecule has 0 spiro atoms. The van der Waals surface area contributed by atoms with Gasteiger partial charge in [-0.05, 0) is 43.9 Å². The number of pyridine rings is 1. The molecular formula is C26H27FN8O2. The lowest BCUT2D eigenvalue weighted by molar-refractivity contribution is -0.0336. The van der Waals surface area contributed by atoms with Crippen LogP contribution in [0.1, 0.15) is 65.5 Å². The summed E-state index contributed by atoms with van der Waals surface area (Å²) in [6, 6.07) is 4.45. The Morgan fingerprint density at radius 2 is 2.00 bits per heavy atom. The van der Waals surface area contributed by atoms with Gasteiger partial charge >= 0.3 is 0 Å². The summed E-state index contributed by atoms with van der Waals surface area (Å²) in [5, 5.41) is 4.73. The van der Waals surface area contributed by atoms with Gasteiger partial charge in [0.1, 0.15) is 35.1 Å². The smallest absolute Gasteiger partial charge is 0.274 e. The van der Waals surface area contributed by atoms with Crippen LogP contribution in [0.25, 0.3) is 5.52 Å². The molecule has 2 unspecified atom stereocenters. The van der Waals surface area contributed by atoms with Gasteiger partial charge < -0.3 is 19.1 Å². The van der Waals surface area contributed by atoms with Crippen LogP contribution in [0.2, 0.25) is 0 Å². The second-order valence-corrected chi connectivity index (χ2v) is 9.81. The molecule has 2 atom stereocenters. The lowest BCUT2D eigenvalue weighted by Crippen LogP contribution is -2.42. The summed E-state index contributed by atoms with van der Waals surface area (Å²) in [4.78, 5) is 30.4. The number of hydrogen-bond donors (Lipinski definition) is 0. The first-order valence-electron chi connectivity index (χ1n) is 12.9. The number of amides is 1. The van der Waals surface area contributed by atoms with Crippen molar-refractivity contribution in [3.05, 3.63) is 71.7 Å². The molecule has 2 saturated heterocycles. The Kier molecular flexibility index (Phi) is 5.38. The van der Waals surface area contributed by atoms with E-state index in [1.165, 1.54) is 6.07 Å². The summed E-state index contributed by atoms with van der Waals surface area (Å²) < 4.78 is 24.3. The maximum Gasteiger partial charge on any atom is 0.274 e. The maximum atomic E-state index is 14.6. The first-order chi connectivity index (χ1) is 18.2. The normalized spacial score (nSPS) is 21.6. The Morgan fingerprint density at radius 3 is 2.73 bits per heavy atom. The van der Waals surface area contributed by atoms with Gasteiger partial charge in [0, 0.05) is 44.6 Å². The first-order valence-corrected chi connectivity index (χ1v) is 12.9. The van der Waals surface area contributed by atoms with Crippen molar-refractivity contribution in [2.24, 2.45) is 0 Å². The predicted octanol–water partition coefficient (Wildman–Crippen LogP) is 3.16. The lowest BCUT2D eigenvalue weighted by atomic mass is 9.99. The van der Waals surface area contributed by atoms with Crippen LogP contribution < -0.4 is 4.90 Å². The zero-order valence-electron chi connectivity index (χ0n) is 20.3. The zero-order valence-corrected chi connectivity index (χ0v) is 20.3. The average Bonchev–Trinajstić information content (AvgIpc) is 3.53. The number of carbonyl (C=O) groups excluding carboxylic acids is 1. The number of fused-ring (bicyclic) bond motifs is 2. The lowest BCUT2D eigenvalue weighted by Gasteiger charge is -2.36. The highest BCUT2D eigenvalue weighted by Crippen LogP contribution is 2.38. The highest BCUT2D eigenvalue weighted by molar-refractivity contribution is 5.92. The fourth-order valence-electron chi connectivity index (χ4n) is 5.52. The highest BCUT2D eigenvalue weighted by atomic mass is 19.1. The van der Waals surface area contributed by atoms with E-state index in [0.717, 1.165) is 63.2 Å². The predicted molar refractivity (Wildman–Crippen MR) is 132 cm³/mol. The van der Waals surface area contributed by atoms with Crippen LogP contribution in [0.4, 0.5) is 10.2 Å². The van der Waals surface area contributed by atoms with Crippen LogP contribution in [-0.4, -0.2) is 66.2 Å². The molecule has 4 aromatic heterocycles. The molecule has 1 amide bonds. The molecule has 0 N–H and O–H groups in total. The summed E-state index contributed by atoms with van der Waals surface area (Å²) >= 11 is 0. The summed E-state index contributed by atoms with van der Waals surface area (Å²) in [5.74, 6) is 0.195. The van der Waals surface area contributed by atoms with E-state index < -0.39 is 0 Å². The molecule has 11 heteroatoms. The Labute approximate surface area is 212 Å². The third-order valence-electron chi connectivity index (χ3n) is 7.60. The second-order valence-electron chi connectivity index (χ2n) is 9.81. The average molecular weight is 503 g/mol. The van der Waals surface area contributed by atoms with E-state index in [0.29, 0.717) is 29.3 Å². The van der Waals surface area contributed by atoms with E-state index in [4.69, 9.17) is 14.8 Å². The number of anilines is 1. The molecule has 0 bridgehead atoms. The molecule has 2 fully saturated rings. The van der Waals surface area contributed by atoms with Crippen molar-refractivity contribution in [3.8, 4) is 0 Å². The van der Waals surface area contributed by atoms with Crippen LogP contribution in [0.15, 0.2) is 43.1 Å². The van der Waals surface area contributed by atoms with Crippen molar-refractivity contribution in [1.82, 2.24) is 34.0 Å². The number of likely N-dealkylation sites (tertiary alicyclic amines) is 1. The Balaban J connectivity index is 1.29. The molecule has 0 aliphatic carbocycles. The molecule has 10 nitrogen and oxygen atoms in total. The SMILES string of the molecule is O=C(c1cnc(N2CCc3c(ncn3C3CCCCO3)C2c2cc3c(F)cccn3n2)cn1)N1CCC1. The van der Waals surface area contributed by atoms with Crippen molar-refractivity contribution in [3.63, 3.8) is 0 Å². The van der Waals surface area contributed by atoms with E-state index in [1.54, 1.807) is 40.1 Å². The van der Waals surface area contributed by atoms with E-state index in [1.807, 2.05) is 6.33 Å². The summed E-state index contributed by atoms with van der Waals surface area (Å²) in [6.45, 7) is 2.91. The van der Waals surface area contributed by atoms with Crippen molar-refractivity contribution in [2.45, 2.75) is 44.4 Å². The van der Waals surface area contributed by atoms with Crippen LogP contribution in [0.3, 0.4) is 0 Å². The van der Waals surface area contributed by atoms with Gasteiger partial charge in [-0.15, -0.1) is 0 Å². The second kappa shape index (κ2) is 8.91. The number of imidazole rings is 1. The number of hydrogen-bond acceptors (Lipinski definition) is 7. The van der Waals surface area contributed by atoms with Crippen molar-refractivity contribution in [2.75, 3.05) is 31.1 Å². The fraction of sp³-hybridized carbons (Fsp3) is 0.423. The number of carbonyl (C=O) groups is 1. The van der Waals surface area contributed by atoms with Crippen molar-refractivity contribution >= 4 is 17.2 Å². The Bertz CT molecular complexity index is 1460. The van der Waals surface area contributed by atoms with E-state index in [2.05, 4.69) is 19.4 Å². The molecule has 0 aromatic carbocycles. The quantitative estimate of drug-likeness (QED) is 0.423. The Hall–Kier alpha value is -3.86. The Morgan fingerprint density at radius 1 is 1.08 bits per heavy atom. The van der Waals surface area contributed by atoms with Crippen LogP contribution in [0, 0.1) is 5.82 Å².